The molecule has 232 valence electrons. The summed E-state index contributed by atoms with van der Waals surface area (Å²) in [5.74, 6) is 0. The molecule has 0 fully saturated rings. The lowest BCUT2D eigenvalue weighted by molar-refractivity contribution is -0.597. The zero-order chi connectivity index (χ0) is 32.8. The molecule has 6 aromatic carbocycles. The molecule has 0 amide bonds. The normalized spacial score (nSPS) is 11.2. The maximum absolute atomic E-state index is 11.3. The molecular weight excluding hydrogens is 706 g/mol. The first-order valence-electron chi connectivity index (χ1n) is 15.7. The molecule has 2 aromatic heterocycles. The SMILES string of the molecule is O=c1ccc2ccc([I+]c3ccc4ccc(=O)oc4c3)cc2o1.c1ccc([B-](c2ccccc2)(c2ccccc2)c2ccccc2)cc1. The maximum atomic E-state index is 11.3. The third-order valence-electron chi connectivity index (χ3n) is 8.59. The first-order chi connectivity index (χ1) is 23.6. The second-order valence-corrected chi connectivity index (χ2v) is 14.5. The van der Waals surface area contributed by atoms with Gasteiger partial charge < -0.3 is 8.83 Å². The summed E-state index contributed by atoms with van der Waals surface area (Å²) in [7, 11) is 0. The third-order valence-corrected chi connectivity index (χ3v) is 11.2. The van der Waals surface area contributed by atoms with Crippen LogP contribution in [0, 0.1) is 7.14 Å². The molecule has 8 aromatic rings. The fourth-order valence-electron chi connectivity index (χ4n) is 6.43. The molecule has 0 atom stereocenters. The van der Waals surface area contributed by atoms with E-state index in [1.807, 2.05) is 36.4 Å². The van der Waals surface area contributed by atoms with Crippen LogP contribution in [0.1, 0.15) is 0 Å². The van der Waals surface area contributed by atoms with Crippen molar-refractivity contribution >= 4 is 49.9 Å². The Kier molecular flexibility index (Phi) is 9.16. The molecule has 0 spiro atoms. The first-order valence-corrected chi connectivity index (χ1v) is 17.9. The van der Waals surface area contributed by atoms with E-state index in [1.54, 1.807) is 12.1 Å². The summed E-state index contributed by atoms with van der Waals surface area (Å²) in [6.07, 6.45) is -1.22. The van der Waals surface area contributed by atoms with E-state index in [1.165, 1.54) is 34.0 Å². The standard InChI is InChI=1S/C24H20B.C18H10IO4/c1-5-13-21(14-6-1)25(22-15-7-2-8-16-22,23-17-9-3-10-18-23)24-19-11-4-12-20-24;20-17-7-3-11-1-5-13(9-15(11)22-17)19-14-6-2-12-4-8-18(21)23-16(12)10-14/h1-20H;1-10H/q-1;+1. The van der Waals surface area contributed by atoms with Crippen molar-refractivity contribution in [3.05, 3.63) is 210 Å². The zero-order valence-electron chi connectivity index (χ0n) is 25.9. The van der Waals surface area contributed by atoms with Crippen molar-refractivity contribution in [3.63, 3.8) is 0 Å². The van der Waals surface area contributed by atoms with Crippen molar-refractivity contribution in [2.24, 2.45) is 0 Å². The van der Waals surface area contributed by atoms with Crippen LogP contribution < -0.4 is 54.3 Å². The fourth-order valence-corrected chi connectivity index (χ4v) is 8.75. The van der Waals surface area contributed by atoms with Crippen LogP contribution in [0.2, 0.25) is 0 Å². The van der Waals surface area contributed by atoms with E-state index in [2.05, 4.69) is 121 Å². The fraction of sp³-hybridized carbons (Fsp3) is 0. The van der Waals surface area contributed by atoms with Crippen LogP contribution in [0.25, 0.3) is 21.9 Å². The number of rotatable bonds is 6. The predicted octanol–water partition coefficient (Wildman–Crippen LogP) is 3.09. The predicted molar refractivity (Wildman–Crippen MR) is 192 cm³/mol. The first kappa shape index (κ1) is 31.2. The summed E-state index contributed by atoms with van der Waals surface area (Å²) in [5.41, 5.74) is 5.86. The van der Waals surface area contributed by atoms with Crippen molar-refractivity contribution in [1.82, 2.24) is 0 Å². The van der Waals surface area contributed by atoms with Gasteiger partial charge in [-0.25, -0.2) is 9.59 Å². The van der Waals surface area contributed by atoms with Gasteiger partial charge in [-0.05, 0) is 36.4 Å². The summed E-state index contributed by atoms with van der Waals surface area (Å²) in [5, 5.41) is 1.81. The molecule has 0 bridgehead atoms. The van der Waals surface area contributed by atoms with Crippen LogP contribution in [0.4, 0.5) is 0 Å². The quantitative estimate of drug-likeness (QED) is 0.150. The Bertz CT molecular complexity index is 2150. The van der Waals surface area contributed by atoms with Crippen LogP contribution in [-0.2, 0) is 0 Å². The molecular formula is C42H30BIO4. The molecule has 4 nitrogen and oxygen atoms in total. The Morgan fingerprint density at radius 2 is 0.688 bits per heavy atom. The number of benzene rings is 6. The molecule has 8 rings (SSSR count). The Morgan fingerprint density at radius 3 is 1.02 bits per heavy atom. The maximum Gasteiger partial charge on any atom is 0.358 e. The minimum Gasteiger partial charge on any atom is -0.423 e. The highest BCUT2D eigenvalue weighted by atomic mass is 127. The average molecular weight is 736 g/mol. The van der Waals surface area contributed by atoms with E-state index in [0.717, 1.165) is 17.9 Å². The lowest BCUT2D eigenvalue weighted by Gasteiger charge is -2.44. The third kappa shape index (κ3) is 6.53. The van der Waals surface area contributed by atoms with E-state index >= 15 is 0 Å². The van der Waals surface area contributed by atoms with Gasteiger partial charge in [-0.1, -0.05) is 121 Å². The van der Waals surface area contributed by atoms with Crippen LogP contribution in [0.15, 0.2) is 200 Å². The van der Waals surface area contributed by atoms with Gasteiger partial charge in [0.05, 0.1) is 0 Å². The van der Waals surface area contributed by atoms with E-state index in [4.69, 9.17) is 8.83 Å². The Balaban J connectivity index is 0.000000152. The minimum atomic E-state index is -1.22. The van der Waals surface area contributed by atoms with Crippen molar-refractivity contribution in [3.8, 4) is 0 Å². The smallest absolute Gasteiger partial charge is 0.358 e. The molecule has 0 aliphatic rings. The highest BCUT2D eigenvalue weighted by Gasteiger charge is 2.31. The van der Waals surface area contributed by atoms with Crippen molar-refractivity contribution in [1.29, 1.82) is 0 Å². The summed E-state index contributed by atoms with van der Waals surface area (Å²) >= 11 is -0.465. The summed E-state index contributed by atoms with van der Waals surface area (Å²) in [6, 6.07) is 61.7. The van der Waals surface area contributed by atoms with E-state index in [0.29, 0.717) is 11.2 Å². The summed E-state index contributed by atoms with van der Waals surface area (Å²) in [6.45, 7) is 0. The van der Waals surface area contributed by atoms with Crippen LogP contribution in [0.5, 0.6) is 0 Å². The van der Waals surface area contributed by atoms with E-state index in [-0.39, 0.29) is 11.3 Å². The molecule has 2 heterocycles. The van der Waals surface area contributed by atoms with Gasteiger partial charge in [0.15, 0.2) is 7.14 Å². The van der Waals surface area contributed by atoms with Gasteiger partial charge in [-0.3, -0.25) is 0 Å². The highest BCUT2D eigenvalue weighted by molar-refractivity contribution is 7.19. The lowest BCUT2D eigenvalue weighted by Crippen LogP contribution is -3.61. The molecule has 0 aliphatic carbocycles. The van der Waals surface area contributed by atoms with Crippen LogP contribution >= 0.6 is 0 Å². The number of hydrogen-bond acceptors (Lipinski definition) is 4. The average Bonchev–Trinajstić information content (AvgIpc) is 3.14. The summed E-state index contributed by atoms with van der Waals surface area (Å²) in [4.78, 5) is 22.7. The number of halogens is 1. The Hall–Kier alpha value is -5.47. The molecule has 6 heteroatoms. The monoisotopic (exact) mass is 736 g/mol. The molecule has 0 aliphatic heterocycles. The molecule has 0 saturated carbocycles. The van der Waals surface area contributed by atoms with Crippen molar-refractivity contribution < 1.29 is 30.0 Å². The van der Waals surface area contributed by atoms with E-state index < -0.39 is 27.4 Å². The van der Waals surface area contributed by atoms with Gasteiger partial charge in [0.25, 0.3) is 0 Å². The van der Waals surface area contributed by atoms with Crippen molar-refractivity contribution in [2.45, 2.75) is 0 Å². The van der Waals surface area contributed by atoms with Gasteiger partial charge >= 0.3 is 32.5 Å². The molecule has 0 unspecified atom stereocenters. The minimum absolute atomic E-state index is 0.347. The van der Waals surface area contributed by atoms with Crippen molar-refractivity contribution in [2.75, 3.05) is 0 Å². The second-order valence-electron chi connectivity index (χ2n) is 11.5. The number of hydrogen-bond donors (Lipinski definition) is 0. The van der Waals surface area contributed by atoms with Gasteiger partial charge in [0, 0.05) is 35.0 Å². The lowest BCUT2D eigenvalue weighted by atomic mass is 9.13. The molecule has 0 N–H and O–H groups in total. The summed E-state index contributed by atoms with van der Waals surface area (Å²) < 4.78 is 12.7. The zero-order valence-corrected chi connectivity index (χ0v) is 28.1. The molecule has 0 radical (unpaired) electrons. The van der Waals surface area contributed by atoms with Gasteiger partial charge in [-0.15, -0.1) is 0 Å². The largest absolute Gasteiger partial charge is 0.423 e. The van der Waals surface area contributed by atoms with E-state index in [9.17, 15) is 9.59 Å². The van der Waals surface area contributed by atoms with Gasteiger partial charge in [0.2, 0.25) is 0 Å². The van der Waals surface area contributed by atoms with Gasteiger partial charge in [-0.2, -0.15) is 21.9 Å². The van der Waals surface area contributed by atoms with Gasteiger partial charge in [0.1, 0.15) is 17.3 Å². The number of fused-ring (bicyclic) bond motifs is 2. The Labute approximate surface area is 288 Å². The molecule has 0 saturated heterocycles. The second kappa shape index (κ2) is 14.1. The molecule has 48 heavy (non-hydrogen) atoms. The Morgan fingerprint density at radius 1 is 0.375 bits per heavy atom. The van der Waals surface area contributed by atoms with Crippen LogP contribution in [0.3, 0.4) is 0 Å². The topological polar surface area (TPSA) is 60.4 Å². The van der Waals surface area contributed by atoms with Crippen LogP contribution in [-0.4, -0.2) is 6.15 Å². The highest BCUT2D eigenvalue weighted by Crippen LogP contribution is 2.12.